The fraction of sp³-hybridized carbons (Fsp3) is 0.261. The van der Waals surface area contributed by atoms with Crippen molar-refractivity contribution in [1.82, 2.24) is 21.3 Å². The predicted molar refractivity (Wildman–Crippen MR) is 229 cm³/mol. The minimum Gasteiger partial charge on any atom is -0.486 e. The van der Waals surface area contributed by atoms with Crippen molar-refractivity contribution in [3.05, 3.63) is 148 Å². The van der Waals surface area contributed by atoms with E-state index >= 15 is 0 Å². The number of nitrogens with one attached hydrogen (secondary N) is 4. The van der Waals surface area contributed by atoms with Crippen molar-refractivity contribution in [2.45, 2.75) is 62.7 Å². The number of hydrogen-bond donors (Lipinski definition) is 6. The molecule has 0 radical (unpaired) electrons. The number of rotatable bonds is 23. The number of nitrogens with two attached hydrogens (primary N) is 1. The number of ether oxygens (including phenoxy) is 1. The number of aryl methyl sites for hydroxylation is 1. The lowest BCUT2D eigenvalue weighted by Gasteiger charge is -2.26. The van der Waals surface area contributed by atoms with Crippen molar-refractivity contribution >= 4 is 47.2 Å². The van der Waals surface area contributed by atoms with Crippen molar-refractivity contribution in [3.63, 3.8) is 0 Å². The van der Waals surface area contributed by atoms with Crippen molar-refractivity contribution < 1.29 is 38.6 Å². The van der Waals surface area contributed by atoms with Gasteiger partial charge in [-0.15, -0.1) is 11.3 Å². The average Bonchev–Trinajstić information content (AvgIpc) is 3.79. The number of amides is 4. The van der Waals surface area contributed by atoms with Crippen molar-refractivity contribution in [2.75, 3.05) is 13.2 Å². The number of carbonyl (C=O) groups is 6. The first kappa shape index (κ1) is 44.5. The van der Waals surface area contributed by atoms with Crippen LogP contribution in [-0.4, -0.2) is 78.3 Å². The molecule has 312 valence electrons. The topological polar surface area (TPSA) is 206 Å². The third-order valence-electron chi connectivity index (χ3n) is 9.62. The molecule has 4 unspecified atom stereocenters. The fourth-order valence-electron chi connectivity index (χ4n) is 6.39. The molecule has 4 atom stereocenters. The smallest absolute Gasteiger partial charge is 0.305 e. The zero-order chi connectivity index (χ0) is 42.7. The molecule has 0 aliphatic heterocycles. The van der Waals surface area contributed by atoms with Gasteiger partial charge in [0.15, 0.2) is 6.29 Å². The molecule has 4 aromatic carbocycles. The Kier molecular flexibility index (Phi) is 17.1. The van der Waals surface area contributed by atoms with Crippen LogP contribution in [0.2, 0.25) is 0 Å². The molecule has 0 saturated heterocycles. The number of carboxylic acids is 1. The molecule has 0 aliphatic carbocycles. The molecule has 0 aliphatic rings. The van der Waals surface area contributed by atoms with Crippen molar-refractivity contribution in [1.29, 1.82) is 0 Å². The Bertz CT molecular complexity index is 2150. The van der Waals surface area contributed by atoms with Gasteiger partial charge in [0.1, 0.15) is 30.5 Å². The van der Waals surface area contributed by atoms with Gasteiger partial charge < -0.3 is 36.8 Å². The normalized spacial score (nSPS) is 12.8. The first-order chi connectivity index (χ1) is 29.1. The van der Waals surface area contributed by atoms with Crippen LogP contribution in [0, 0.1) is 0 Å². The standard InChI is InChI=1S/C46H49N5O8S/c47-38(22-21-37-12-7-27-60-37)43(55)49-40(30-32-13-17-35(18-14-32)34-10-5-2-6-11-34)45(57)51-41(28-31-8-3-1-4-9-31)46(58)50-39(44(56)48-24-23-42(53)54)29-33-15-19-36(20-16-33)59-26-25-52/h1-20,25,27,38-41H,21-24,26,28-30,47H2,(H,48,56)(H,49,55)(H,50,58)(H,51,57)(H,53,54). The predicted octanol–water partition coefficient (Wildman–Crippen LogP) is 4.03. The number of hydrogen-bond acceptors (Lipinski definition) is 9. The highest BCUT2D eigenvalue weighted by Crippen LogP contribution is 2.20. The van der Waals surface area contributed by atoms with Crippen LogP contribution >= 0.6 is 11.3 Å². The van der Waals surface area contributed by atoms with Crippen molar-refractivity contribution in [3.8, 4) is 16.9 Å². The Morgan fingerprint density at radius 1 is 0.633 bits per heavy atom. The van der Waals surface area contributed by atoms with Crippen LogP contribution in [0.5, 0.6) is 5.75 Å². The largest absolute Gasteiger partial charge is 0.486 e. The summed E-state index contributed by atoms with van der Waals surface area (Å²) in [5.74, 6) is -3.13. The second-order valence-electron chi connectivity index (χ2n) is 14.1. The first-order valence-corrected chi connectivity index (χ1v) is 20.5. The first-order valence-electron chi connectivity index (χ1n) is 19.6. The van der Waals surface area contributed by atoms with E-state index in [9.17, 15) is 28.8 Å². The van der Waals surface area contributed by atoms with Crippen LogP contribution in [0.15, 0.2) is 127 Å². The van der Waals surface area contributed by atoms with E-state index in [2.05, 4.69) is 21.3 Å². The van der Waals surface area contributed by atoms with Crippen molar-refractivity contribution in [2.24, 2.45) is 5.73 Å². The van der Waals surface area contributed by atoms with Gasteiger partial charge in [0.05, 0.1) is 12.5 Å². The molecule has 5 rings (SSSR count). The van der Waals surface area contributed by atoms with E-state index in [0.29, 0.717) is 30.4 Å². The monoisotopic (exact) mass is 831 g/mol. The summed E-state index contributed by atoms with van der Waals surface area (Å²) in [5, 5.41) is 22.2. The van der Waals surface area contributed by atoms with Crippen LogP contribution in [0.4, 0.5) is 0 Å². The molecule has 1 aromatic heterocycles. The molecule has 5 aromatic rings. The highest BCUT2D eigenvalue weighted by molar-refractivity contribution is 7.09. The summed E-state index contributed by atoms with van der Waals surface area (Å²) in [5.41, 5.74) is 10.5. The summed E-state index contributed by atoms with van der Waals surface area (Å²) in [6.07, 6.45) is 1.37. The van der Waals surface area contributed by atoms with E-state index in [4.69, 9.17) is 15.6 Å². The maximum atomic E-state index is 14.4. The summed E-state index contributed by atoms with van der Waals surface area (Å²) in [6.45, 7) is -0.307. The Morgan fingerprint density at radius 2 is 1.15 bits per heavy atom. The lowest BCUT2D eigenvalue weighted by atomic mass is 9.99. The summed E-state index contributed by atoms with van der Waals surface area (Å²) in [7, 11) is 0. The highest BCUT2D eigenvalue weighted by Gasteiger charge is 2.31. The molecule has 60 heavy (non-hydrogen) atoms. The lowest BCUT2D eigenvalue weighted by molar-refractivity contribution is -0.137. The van der Waals surface area contributed by atoms with E-state index in [-0.39, 0.29) is 38.8 Å². The molecule has 4 amide bonds. The quantitative estimate of drug-likeness (QED) is 0.0525. The van der Waals surface area contributed by atoms with Crippen LogP contribution in [0.1, 0.15) is 34.4 Å². The van der Waals surface area contributed by atoms with E-state index in [1.54, 1.807) is 59.9 Å². The maximum absolute atomic E-state index is 14.4. The molecule has 0 bridgehead atoms. The van der Waals surface area contributed by atoms with Crippen LogP contribution < -0.4 is 31.7 Å². The second kappa shape index (κ2) is 23.1. The van der Waals surface area contributed by atoms with Crippen LogP contribution in [0.3, 0.4) is 0 Å². The number of aldehydes is 1. The minimum absolute atomic E-state index is 0.00558. The molecule has 0 saturated carbocycles. The van der Waals surface area contributed by atoms with Crippen LogP contribution in [-0.2, 0) is 54.5 Å². The van der Waals surface area contributed by atoms with Gasteiger partial charge in [-0.1, -0.05) is 103 Å². The van der Waals surface area contributed by atoms with Gasteiger partial charge in [0, 0.05) is 30.7 Å². The van der Waals surface area contributed by atoms with Gasteiger partial charge >= 0.3 is 5.97 Å². The molecule has 1 heterocycles. The summed E-state index contributed by atoms with van der Waals surface area (Å²) in [4.78, 5) is 78.7. The molecule has 0 spiro atoms. The zero-order valence-corrected chi connectivity index (χ0v) is 33.8. The van der Waals surface area contributed by atoms with E-state index < -0.39 is 53.8 Å². The van der Waals surface area contributed by atoms with Gasteiger partial charge in [-0.25, -0.2) is 0 Å². The number of carbonyl (C=O) groups excluding carboxylic acids is 5. The summed E-state index contributed by atoms with van der Waals surface area (Å²) >= 11 is 1.57. The number of aliphatic carboxylic acids is 1. The van der Waals surface area contributed by atoms with Crippen LogP contribution in [0.25, 0.3) is 11.1 Å². The van der Waals surface area contributed by atoms with Gasteiger partial charge in [0.2, 0.25) is 23.6 Å². The van der Waals surface area contributed by atoms with Gasteiger partial charge in [0.25, 0.3) is 0 Å². The Hall–Kier alpha value is -6.64. The van der Waals surface area contributed by atoms with E-state index in [0.717, 1.165) is 27.1 Å². The Labute approximate surface area is 352 Å². The summed E-state index contributed by atoms with van der Waals surface area (Å²) in [6, 6.07) is 32.6. The number of benzene rings is 4. The third-order valence-corrected chi connectivity index (χ3v) is 10.6. The molecular formula is C46H49N5O8S. The van der Waals surface area contributed by atoms with E-state index in [1.165, 1.54) is 0 Å². The Balaban J connectivity index is 1.38. The Morgan fingerprint density at radius 3 is 1.70 bits per heavy atom. The highest BCUT2D eigenvalue weighted by atomic mass is 32.1. The molecule has 14 heteroatoms. The third kappa shape index (κ3) is 14.3. The number of thiophene rings is 1. The molecule has 13 nitrogen and oxygen atoms in total. The maximum Gasteiger partial charge on any atom is 0.305 e. The zero-order valence-electron chi connectivity index (χ0n) is 33.0. The molecular weight excluding hydrogens is 783 g/mol. The average molecular weight is 832 g/mol. The SMILES string of the molecule is NC(CCc1cccs1)C(=O)NC(Cc1ccc(-c2ccccc2)cc1)C(=O)NC(Cc1ccccc1)C(=O)NC(Cc1ccc(OCC=O)cc1)C(=O)NCCC(=O)O. The summed E-state index contributed by atoms with van der Waals surface area (Å²) < 4.78 is 5.33. The minimum atomic E-state index is -1.21. The lowest BCUT2D eigenvalue weighted by Crippen LogP contribution is -2.59. The molecule has 7 N–H and O–H groups in total. The fourth-order valence-corrected chi connectivity index (χ4v) is 7.11. The van der Waals surface area contributed by atoms with E-state index in [1.807, 2.05) is 78.2 Å². The van der Waals surface area contributed by atoms with Gasteiger partial charge in [-0.2, -0.15) is 0 Å². The molecule has 0 fully saturated rings. The number of carboxylic acid groups (broad SMARTS) is 1. The van der Waals surface area contributed by atoms with Gasteiger partial charge in [-0.3, -0.25) is 28.8 Å². The second-order valence-corrected chi connectivity index (χ2v) is 15.2. The van der Waals surface area contributed by atoms with Gasteiger partial charge in [-0.05, 0) is 64.2 Å².